The van der Waals surface area contributed by atoms with Crippen molar-refractivity contribution in [2.24, 2.45) is 0 Å². The zero-order valence-corrected chi connectivity index (χ0v) is 7.69. The van der Waals surface area contributed by atoms with Gasteiger partial charge in [0.25, 0.3) is 0 Å². The maximum Gasteiger partial charge on any atom is 0.126 e. The number of hydrogen-bond acceptors (Lipinski definition) is 1. The second kappa shape index (κ2) is 4.04. The molecule has 2 aromatic rings. The monoisotopic (exact) mass is 205 g/mol. The van der Waals surface area contributed by atoms with Crippen LogP contribution in [-0.4, -0.2) is 4.98 Å². The van der Waals surface area contributed by atoms with Crippen LogP contribution in [0.15, 0.2) is 42.6 Å². The van der Waals surface area contributed by atoms with Gasteiger partial charge in [0.05, 0.1) is 0 Å². The summed E-state index contributed by atoms with van der Waals surface area (Å²) >= 11 is 0. The fourth-order valence-electron chi connectivity index (χ4n) is 1.16. The zero-order valence-electron chi connectivity index (χ0n) is 7.69. The molecule has 0 N–H and O–H groups in total. The third-order valence-electron chi connectivity index (χ3n) is 1.74. The summed E-state index contributed by atoms with van der Waals surface area (Å²) in [6.07, 6.45) is 1.56. The molecule has 0 aliphatic carbocycles. The third kappa shape index (κ3) is 2.49. The number of pyridine rings is 1. The van der Waals surface area contributed by atoms with E-state index >= 15 is 0 Å². The Bertz CT molecular complexity index is 437. The normalized spacial score (nSPS) is 10.0. The highest BCUT2D eigenvalue weighted by Gasteiger charge is 1.96. The van der Waals surface area contributed by atoms with Crippen LogP contribution in [-0.2, 0) is 0 Å². The molecule has 15 heavy (non-hydrogen) atoms. The van der Waals surface area contributed by atoms with Gasteiger partial charge in [0.15, 0.2) is 0 Å². The molecule has 0 unspecified atom stereocenters. The van der Waals surface area contributed by atoms with Crippen LogP contribution in [0.1, 0.15) is 0 Å². The Morgan fingerprint density at radius 2 is 1.73 bits per heavy atom. The Hall–Kier alpha value is -1.97. The van der Waals surface area contributed by atoms with Gasteiger partial charge in [0, 0.05) is 6.07 Å². The Morgan fingerprint density at radius 3 is 2.33 bits per heavy atom. The van der Waals surface area contributed by atoms with Gasteiger partial charge >= 0.3 is 0 Å². The second-order valence-corrected chi connectivity index (χ2v) is 2.93. The SMILES string of the molecule is Fc1cc(F)cc([N-]c2ccccn2)c1. The Morgan fingerprint density at radius 1 is 1.00 bits per heavy atom. The Kier molecular flexibility index (Phi) is 2.58. The summed E-state index contributed by atoms with van der Waals surface area (Å²) in [6.45, 7) is 0. The molecule has 1 heterocycles. The molecule has 0 saturated heterocycles. The molecule has 1 aromatic heterocycles. The van der Waals surface area contributed by atoms with E-state index in [2.05, 4.69) is 10.3 Å². The number of benzene rings is 1. The fraction of sp³-hybridized carbons (Fsp3) is 0. The second-order valence-electron chi connectivity index (χ2n) is 2.93. The van der Waals surface area contributed by atoms with Gasteiger partial charge in [-0.05, 0) is 17.8 Å². The van der Waals surface area contributed by atoms with Gasteiger partial charge < -0.3 is 10.3 Å². The highest BCUT2D eigenvalue weighted by atomic mass is 19.1. The molecule has 0 saturated carbocycles. The quantitative estimate of drug-likeness (QED) is 0.734. The van der Waals surface area contributed by atoms with Crippen molar-refractivity contribution in [1.82, 2.24) is 4.98 Å². The standard InChI is InChI=1S/C11H7F2N2/c12-8-5-9(13)7-10(6-8)15-11-3-1-2-4-14-11/h1-7H/q-1. The largest absolute Gasteiger partial charge is 0.443 e. The molecule has 0 spiro atoms. The minimum absolute atomic E-state index is 0.214. The van der Waals surface area contributed by atoms with Crippen molar-refractivity contribution in [3.63, 3.8) is 0 Å². The molecule has 4 heteroatoms. The van der Waals surface area contributed by atoms with E-state index in [-0.39, 0.29) is 5.69 Å². The van der Waals surface area contributed by atoms with Crippen LogP contribution >= 0.6 is 0 Å². The minimum Gasteiger partial charge on any atom is -0.443 e. The van der Waals surface area contributed by atoms with Crippen LogP contribution in [0.5, 0.6) is 0 Å². The molecule has 1 aromatic carbocycles. The van der Waals surface area contributed by atoms with E-state index < -0.39 is 11.6 Å². The fourth-order valence-corrected chi connectivity index (χ4v) is 1.16. The summed E-state index contributed by atoms with van der Waals surface area (Å²) in [6, 6.07) is 8.25. The molecule has 0 bridgehead atoms. The predicted molar refractivity (Wildman–Crippen MR) is 53.3 cm³/mol. The first-order chi connectivity index (χ1) is 7.24. The summed E-state index contributed by atoms with van der Waals surface area (Å²) in [5.74, 6) is -0.878. The number of nitrogens with zero attached hydrogens (tertiary/aromatic N) is 2. The molecular weight excluding hydrogens is 198 g/mol. The van der Waals surface area contributed by atoms with Gasteiger partial charge in [-0.1, -0.05) is 30.2 Å². The van der Waals surface area contributed by atoms with Crippen LogP contribution in [0, 0.1) is 11.6 Å². The summed E-state index contributed by atoms with van der Waals surface area (Å²) in [4.78, 5) is 3.92. The van der Waals surface area contributed by atoms with Crippen molar-refractivity contribution in [3.8, 4) is 0 Å². The lowest BCUT2D eigenvalue weighted by atomic mass is 10.3. The average molecular weight is 205 g/mol. The third-order valence-corrected chi connectivity index (χ3v) is 1.74. The zero-order chi connectivity index (χ0) is 10.7. The van der Waals surface area contributed by atoms with E-state index in [1.165, 1.54) is 0 Å². The van der Waals surface area contributed by atoms with Gasteiger partial charge in [-0.2, -0.15) is 0 Å². The van der Waals surface area contributed by atoms with E-state index in [1.807, 2.05) is 0 Å². The van der Waals surface area contributed by atoms with Crippen molar-refractivity contribution in [2.45, 2.75) is 0 Å². The topological polar surface area (TPSA) is 27.0 Å². The molecule has 0 aliphatic heterocycles. The molecular formula is C11H7F2N2-. The smallest absolute Gasteiger partial charge is 0.126 e. The lowest BCUT2D eigenvalue weighted by Crippen LogP contribution is -1.79. The molecule has 2 rings (SSSR count). The molecule has 0 aliphatic rings. The summed E-state index contributed by atoms with van der Waals surface area (Å²) in [5.41, 5.74) is 0.214. The molecule has 0 radical (unpaired) electrons. The van der Waals surface area contributed by atoms with Crippen LogP contribution in [0.3, 0.4) is 0 Å². The molecule has 2 nitrogen and oxygen atoms in total. The van der Waals surface area contributed by atoms with Gasteiger partial charge in [0.1, 0.15) is 11.6 Å². The van der Waals surface area contributed by atoms with Crippen LogP contribution in [0.2, 0.25) is 0 Å². The van der Waals surface area contributed by atoms with Gasteiger partial charge in [-0.25, -0.2) is 8.78 Å². The Labute approximate surface area is 85.6 Å². The van der Waals surface area contributed by atoms with Gasteiger partial charge in [0.2, 0.25) is 0 Å². The first-order valence-electron chi connectivity index (χ1n) is 4.33. The van der Waals surface area contributed by atoms with E-state index in [9.17, 15) is 8.78 Å². The summed E-state index contributed by atoms with van der Waals surface area (Å²) in [5, 5.41) is 3.97. The number of hydrogen-bond donors (Lipinski definition) is 0. The van der Waals surface area contributed by atoms with Crippen LogP contribution < -0.4 is 0 Å². The first-order valence-corrected chi connectivity index (χ1v) is 4.33. The maximum absolute atomic E-state index is 12.8. The van der Waals surface area contributed by atoms with E-state index in [0.717, 1.165) is 18.2 Å². The summed E-state index contributed by atoms with van der Waals surface area (Å²) < 4.78 is 25.6. The number of halogens is 2. The highest BCUT2D eigenvalue weighted by Crippen LogP contribution is 2.28. The molecule has 0 atom stereocenters. The van der Waals surface area contributed by atoms with Crippen molar-refractivity contribution < 1.29 is 8.78 Å². The van der Waals surface area contributed by atoms with Gasteiger partial charge in [-0.15, -0.1) is 0 Å². The van der Waals surface area contributed by atoms with Crippen LogP contribution in [0.25, 0.3) is 5.32 Å². The van der Waals surface area contributed by atoms with Crippen molar-refractivity contribution in [3.05, 3.63) is 59.5 Å². The van der Waals surface area contributed by atoms with Gasteiger partial charge in [-0.3, -0.25) is 0 Å². The van der Waals surface area contributed by atoms with Crippen molar-refractivity contribution in [1.29, 1.82) is 0 Å². The summed E-state index contributed by atoms with van der Waals surface area (Å²) in [7, 11) is 0. The molecule has 0 fully saturated rings. The van der Waals surface area contributed by atoms with Crippen molar-refractivity contribution in [2.75, 3.05) is 0 Å². The Balaban J connectivity index is 2.25. The van der Waals surface area contributed by atoms with E-state index in [0.29, 0.717) is 5.82 Å². The van der Waals surface area contributed by atoms with Crippen molar-refractivity contribution >= 4 is 11.5 Å². The minimum atomic E-state index is -0.648. The van der Waals surface area contributed by atoms with E-state index in [1.54, 1.807) is 24.4 Å². The van der Waals surface area contributed by atoms with Crippen LogP contribution in [0.4, 0.5) is 20.3 Å². The van der Waals surface area contributed by atoms with E-state index in [4.69, 9.17) is 0 Å². The lowest BCUT2D eigenvalue weighted by molar-refractivity contribution is 0.584. The maximum atomic E-state index is 12.8. The number of aromatic nitrogens is 1. The molecule has 76 valence electrons. The molecule has 0 amide bonds. The predicted octanol–water partition coefficient (Wildman–Crippen LogP) is 3.70. The highest BCUT2D eigenvalue weighted by molar-refractivity contribution is 5.62. The average Bonchev–Trinajstić information content (AvgIpc) is 2.17. The lowest BCUT2D eigenvalue weighted by Gasteiger charge is -2.14. The first kappa shape index (κ1) is 9.58. The number of rotatable bonds is 2.